The topological polar surface area (TPSA) is 72.6 Å². The highest BCUT2D eigenvalue weighted by Gasteiger charge is 2.29. The Kier molecular flexibility index (Phi) is 4.05. The fourth-order valence-corrected chi connectivity index (χ4v) is 3.40. The van der Waals surface area contributed by atoms with Gasteiger partial charge in [0, 0.05) is 31.4 Å². The molecule has 7 nitrogen and oxygen atoms in total. The van der Waals surface area contributed by atoms with Crippen LogP contribution in [-0.4, -0.2) is 50.6 Å². The van der Waals surface area contributed by atoms with Crippen molar-refractivity contribution in [2.75, 3.05) is 20.2 Å². The lowest BCUT2D eigenvalue weighted by Crippen LogP contribution is -2.39. The van der Waals surface area contributed by atoms with Crippen LogP contribution in [0.25, 0.3) is 5.65 Å². The lowest BCUT2D eigenvalue weighted by molar-refractivity contribution is 0.0700. The van der Waals surface area contributed by atoms with Gasteiger partial charge in [0.2, 0.25) is 5.88 Å². The van der Waals surface area contributed by atoms with E-state index in [0.717, 1.165) is 30.9 Å². The van der Waals surface area contributed by atoms with E-state index in [0.29, 0.717) is 18.0 Å². The average Bonchev–Trinajstić information content (AvgIpc) is 3.11. The van der Waals surface area contributed by atoms with Gasteiger partial charge in [-0.2, -0.15) is 0 Å². The zero-order valence-corrected chi connectivity index (χ0v) is 14.0. The Hall–Kier alpha value is -2.96. The predicted octanol–water partition coefficient (Wildman–Crippen LogP) is 2.15. The van der Waals surface area contributed by atoms with Gasteiger partial charge in [-0.3, -0.25) is 9.20 Å². The van der Waals surface area contributed by atoms with Crippen molar-refractivity contribution < 1.29 is 9.53 Å². The van der Waals surface area contributed by atoms with Crippen LogP contribution in [0.4, 0.5) is 0 Å². The first kappa shape index (κ1) is 15.6. The second-order valence-electron chi connectivity index (χ2n) is 6.14. The minimum atomic E-state index is -0.0523. The Balaban J connectivity index is 1.60. The summed E-state index contributed by atoms with van der Waals surface area (Å²) >= 11 is 0. The second kappa shape index (κ2) is 6.51. The zero-order valence-electron chi connectivity index (χ0n) is 14.0. The molecule has 0 radical (unpaired) electrons. The van der Waals surface area contributed by atoms with Crippen molar-refractivity contribution in [2.24, 2.45) is 0 Å². The van der Waals surface area contributed by atoms with Crippen LogP contribution in [-0.2, 0) is 0 Å². The van der Waals surface area contributed by atoms with Crippen molar-refractivity contribution in [1.82, 2.24) is 24.5 Å². The van der Waals surface area contributed by atoms with Crippen molar-refractivity contribution in [3.63, 3.8) is 0 Å². The van der Waals surface area contributed by atoms with Crippen molar-refractivity contribution in [1.29, 1.82) is 0 Å². The normalized spacial score (nSPS) is 17.6. The number of pyridine rings is 2. The predicted molar refractivity (Wildman–Crippen MR) is 91.7 cm³/mol. The maximum Gasteiger partial charge on any atom is 0.259 e. The Morgan fingerprint density at radius 2 is 2.16 bits per heavy atom. The van der Waals surface area contributed by atoms with E-state index >= 15 is 0 Å². The molecule has 128 valence electrons. The number of piperidine rings is 1. The zero-order chi connectivity index (χ0) is 17.2. The summed E-state index contributed by atoms with van der Waals surface area (Å²) in [4.78, 5) is 18.9. The molecule has 0 N–H and O–H groups in total. The number of fused-ring (bicyclic) bond motifs is 1. The number of rotatable bonds is 3. The average molecular weight is 337 g/mol. The number of hydrogen-bond acceptors (Lipinski definition) is 5. The van der Waals surface area contributed by atoms with Crippen LogP contribution in [0.5, 0.6) is 5.88 Å². The van der Waals surface area contributed by atoms with E-state index in [2.05, 4.69) is 15.2 Å². The second-order valence-corrected chi connectivity index (χ2v) is 6.14. The van der Waals surface area contributed by atoms with Crippen molar-refractivity contribution in [3.8, 4) is 5.88 Å². The van der Waals surface area contributed by atoms with E-state index in [1.165, 1.54) is 7.11 Å². The number of carbonyl (C=O) groups excluding carboxylic acids is 1. The first-order chi connectivity index (χ1) is 12.3. The molecule has 3 aromatic heterocycles. The van der Waals surface area contributed by atoms with E-state index < -0.39 is 0 Å². The van der Waals surface area contributed by atoms with Crippen molar-refractivity contribution in [3.05, 3.63) is 54.1 Å². The highest BCUT2D eigenvalue weighted by Crippen LogP contribution is 2.28. The Morgan fingerprint density at radius 3 is 3.04 bits per heavy atom. The molecule has 0 bridgehead atoms. The van der Waals surface area contributed by atoms with E-state index in [1.54, 1.807) is 18.3 Å². The van der Waals surface area contributed by atoms with Gasteiger partial charge >= 0.3 is 0 Å². The molecule has 7 heteroatoms. The smallest absolute Gasteiger partial charge is 0.259 e. The lowest BCUT2D eigenvalue weighted by atomic mass is 9.96. The van der Waals surface area contributed by atoms with Gasteiger partial charge in [0.25, 0.3) is 5.91 Å². The number of carbonyl (C=O) groups is 1. The highest BCUT2D eigenvalue weighted by molar-refractivity contribution is 5.96. The molecular formula is C18H19N5O2. The quantitative estimate of drug-likeness (QED) is 0.732. The Labute approximate surface area is 145 Å². The molecular weight excluding hydrogens is 318 g/mol. The highest BCUT2D eigenvalue weighted by atomic mass is 16.5. The van der Waals surface area contributed by atoms with E-state index in [9.17, 15) is 4.79 Å². The summed E-state index contributed by atoms with van der Waals surface area (Å²) in [7, 11) is 1.53. The van der Waals surface area contributed by atoms with Crippen LogP contribution in [0.3, 0.4) is 0 Å². The minimum Gasteiger partial charge on any atom is -0.480 e. The monoisotopic (exact) mass is 337 g/mol. The third-order valence-electron chi connectivity index (χ3n) is 4.61. The summed E-state index contributed by atoms with van der Waals surface area (Å²) in [6.07, 6.45) is 5.51. The van der Waals surface area contributed by atoms with Crippen LogP contribution in [0.1, 0.15) is 34.9 Å². The third-order valence-corrected chi connectivity index (χ3v) is 4.61. The summed E-state index contributed by atoms with van der Waals surface area (Å²) < 4.78 is 7.23. The van der Waals surface area contributed by atoms with Gasteiger partial charge in [-0.25, -0.2) is 4.98 Å². The number of ether oxygens (including phenoxy) is 1. The molecule has 1 amide bonds. The van der Waals surface area contributed by atoms with Crippen LogP contribution in [0, 0.1) is 0 Å². The molecule has 0 saturated carbocycles. The summed E-state index contributed by atoms with van der Waals surface area (Å²) in [5, 5.41) is 8.59. The van der Waals surface area contributed by atoms with Gasteiger partial charge in [0.05, 0.1) is 7.11 Å². The first-order valence-corrected chi connectivity index (χ1v) is 8.36. The Bertz CT molecular complexity index is 907. The fourth-order valence-electron chi connectivity index (χ4n) is 3.40. The number of likely N-dealkylation sites (tertiary alicyclic amines) is 1. The molecule has 1 aliphatic heterocycles. The number of hydrogen-bond donors (Lipinski definition) is 0. The summed E-state index contributed by atoms with van der Waals surface area (Å²) in [6, 6.07) is 9.35. The summed E-state index contributed by atoms with van der Waals surface area (Å²) in [5.41, 5.74) is 1.33. The van der Waals surface area contributed by atoms with Crippen LogP contribution < -0.4 is 4.74 Å². The van der Waals surface area contributed by atoms with Gasteiger partial charge in [0.1, 0.15) is 11.4 Å². The maximum absolute atomic E-state index is 12.9. The van der Waals surface area contributed by atoms with E-state index in [-0.39, 0.29) is 11.8 Å². The summed E-state index contributed by atoms with van der Waals surface area (Å²) in [5.74, 6) is 1.38. The summed E-state index contributed by atoms with van der Waals surface area (Å²) in [6.45, 7) is 1.34. The van der Waals surface area contributed by atoms with Crippen molar-refractivity contribution >= 4 is 11.6 Å². The Morgan fingerprint density at radius 1 is 1.24 bits per heavy atom. The van der Waals surface area contributed by atoms with Crippen LogP contribution >= 0.6 is 0 Å². The maximum atomic E-state index is 12.9. The van der Waals surface area contributed by atoms with Gasteiger partial charge in [0.15, 0.2) is 5.65 Å². The molecule has 1 fully saturated rings. The van der Waals surface area contributed by atoms with Gasteiger partial charge < -0.3 is 9.64 Å². The largest absolute Gasteiger partial charge is 0.480 e. The minimum absolute atomic E-state index is 0.0523. The lowest BCUT2D eigenvalue weighted by Gasteiger charge is -2.32. The first-order valence-electron chi connectivity index (χ1n) is 8.36. The number of methoxy groups -OCH3 is 1. The molecule has 0 aromatic carbocycles. The van der Waals surface area contributed by atoms with Crippen LogP contribution in [0.15, 0.2) is 42.7 Å². The molecule has 1 unspecified atom stereocenters. The number of aromatic nitrogens is 4. The van der Waals surface area contributed by atoms with Gasteiger partial charge in [-0.1, -0.05) is 6.07 Å². The number of nitrogens with zero attached hydrogens (tertiary/aromatic N) is 5. The number of amides is 1. The van der Waals surface area contributed by atoms with E-state index in [4.69, 9.17) is 4.74 Å². The molecule has 4 rings (SSSR count). The molecule has 1 atom stereocenters. The molecule has 1 saturated heterocycles. The molecule has 25 heavy (non-hydrogen) atoms. The van der Waals surface area contributed by atoms with Gasteiger partial charge in [-0.15, -0.1) is 10.2 Å². The molecule has 4 heterocycles. The molecule has 1 aliphatic rings. The van der Waals surface area contributed by atoms with Gasteiger partial charge in [-0.05, 0) is 37.1 Å². The fraction of sp³-hybridized carbons (Fsp3) is 0.333. The standard InChI is InChI=1S/C18H19N5O2/c1-25-17-14(7-4-9-19-17)18(24)22-10-5-6-13(12-22)16-21-20-15-8-2-3-11-23(15)16/h2-4,7-9,11,13H,5-6,10,12H2,1H3. The molecule has 0 aliphatic carbocycles. The van der Waals surface area contributed by atoms with E-state index in [1.807, 2.05) is 33.7 Å². The SMILES string of the molecule is COc1ncccc1C(=O)N1CCCC(c2nnc3ccccn23)C1. The molecule has 0 spiro atoms. The molecule has 3 aromatic rings. The van der Waals surface area contributed by atoms with Crippen molar-refractivity contribution in [2.45, 2.75) is 18.8 Å². The van der Waals surface area contributed by atoms with Crippen LogP contribution in [0.2, 0.25) is 0 Å². The third kappa shape index (κ3) is 2.82.